The molecule has 12 heavy (non-hydrogen) atoms. The van der Waals surface area contributed by atoms with Crippen LogP contribution in [0.1, 0.15) is 0 Å². The molecule has 0 saturated heterocycles. The molecule has 0 radical (unpaired) electrons. The van der Waals surface area contributed by atoms with Crippen molar-refractivity contribution in [3.63, 3.8) is 0 Å². The Kier molecular flexibility index (Phi) is 2.44. The maximum Gasteiger partial charge on any atom is 0.281 e. The normalized spacial score (nSPS) is 9.67. The molecule has 0 spiro atoms. The van der Waals surface area contributed by atoms with Gasteiger partial charge in [-0.05, 0) is 30.0 Å². The summed E-state index contributed by atoms with van der Waals surface area (Å²) in [6.45, 7) is 0. The van der Waals surface area contributed by atoms with Crippen LogP contribution in [0.25, 0.3) is 0 Å². The first-order valence-corrected chi connectivity index (χ1v) is 4.03. The van der Waals surface area contributed by atoms with Crippen molar-refractivity contribution in [1.29, 1.82) is 0 Å². The molecule has 1 amide bonds. The minimum Gasteiger partial charge on any atom is -0.397 e. The van der Waals surface area contributed by atoms with Gasteiger partial charge in [-0.3, -0.25) is 4.79 Å². The van der Waals surface area contributed by atoms with E-state index in [1.54, 1.807) is 18.2 Å². The molecule has 0 bridgehead atoms. The Labute approximate surface area is 74.1 Å². The zero-order chi connectivity index (χ0) is 9.14. The second-order valence-corrected chi connectivity index (χ2v) is 3.29. The molecule has 1 rings (SSSR count). The molecular formula is C7H9N3OS. The summed E-state index contributed by atoms with van der Waals surface area (Å²) in [6, 6.07) is 4.95. The van der Waals surface area contributed by atoms with Gasteiger partial charge in [-0.1, -0.05) is 0 Å². The fraction of sp³-hybridized carbons (Fsp3) is 0. The third-order valence-corrected chi connectivity index (χ3v) is 1.97. The molecule has 64 valence electrons. The second-order valence-electron chi connectivity index (χ2n) is 2.21. The number of carbonyl (C=O) groups excluding carboxylic acids is 1. The Morgan fingerprint density at radius 1 is 1.25 bits per heavy atom. The van der Waals surface area contributed by atoms with Gasteiger partial charge in [-0.2, -0.15) is 0 Å². The number of hydrogen-bond acceptors (Lipinski definition) is 4. The Hall–Kier alpha value is -1.36. The van der Waals surface area contributed by atoms with Crippen molar-refractivity contribution in [2.45, 2.75) is 4.90 Å². The summed E-state index contributed by atoms with van der Waals surface area (Å²) in [5, 5.41) is -0.459. The standard InChI is InChI=1S/C7H9N3OS/c8-5-2-1-4(3-6(5)9)12-7(10)11/h1-3H,8-9H2,(H2,10,11). The number of nitrogens with two attached hydrogens (primary N) is 3. The van der Waals surface area contributed by atoms with Gasteiger partial charge in [0, 0.05) is 4.90 Å². The number of rotatable bonds is 1. The molecule has 4 nitrogen and oxygen atoms in total. The summed E-state index contributed by atoms with van der Waals surface area (Å²) in [6.07, 6.45) is 0. The third kappa shape index (κ3) is 2.06. The van der Waals surface area contributed by atoms with Gasteiger partial charge < -0.3 is 17.2 Å². The van der Waals surface area contributed by atoms with E-state index in [0.29, 0.717) is 16.3 Å². The number of benzene rings is 1. The van der Waals surface area contributed by atoms with E-state index in [9.17, 15) is 4.79 Å². The fourth-order valence-corrected chi connectivity index (χ4v) is 1.29. The highest BCUT2D eigenvalue weighted by Gasteiger charge is 2.00. The van der Waals surface area contributed by atoms with Gasteiger partial charge in [0.15, 0.2) is 0 Å². The van der Waals surface area contributed by atoms with Crippen molar-refractivity contribution in [3.05, 3.63) is 18.2 Å². The highest BCUT2D eigenvalue weighted by Crippen LogP contribution is 2.23. The summed E-state index contributed by atoms with van der Waals surface area (Å²) in [5.41, 5.74) is 16.9. The van der Waals surface area contributed by atoms with Gasteiger partial charge in [0.2, 0.25) is 0 Å². The zero-order valence-corrected chi connectivity index (χ0v) is 7.10. The monoisotopic (exact) mass is 183 g/mol. The van der Waals surface area contributed by atoms with Crippen LogP contribution in [0.3, 0.4) is 0 Å². The van der Waals surface area contributed by atoms with Crippen LogP contribution >= 0.6 is 11.8 Å². The molecule has 0 aromatic heterocycles. The molecule has 0 aliphatic carbocycles. The first kappa shape index (κ1) is 8.73. The lowest BCUT2D eigenvalue weighted by Gasteiger charge is -2.01. The quantitative estimate of drug-likeness (QED) is 0.447. The van der Waals surface area contributed by atoms with Gasteiger partial charge in [-0.25, -0.2) is 0 Å². The summed E-state index contributed by atoms with van der Waals surface area (Å²) < 4.78 is 0. The predicted octanol–water partition coefficient (Wildman–Crippen LogP) is 1.02. The molecule has 0 aliphatic heterocycles. The van der Waals surface area contributed by atoms with Crippen molar-refractivity contribution < 1.29 is 4.79 Å². The van der Waals surface area contributed by atoms with Gasteiger partial charge in [0.25, 0.3) is 5.24 Å². The Morgan fingerprint density at radius 3 is 2.42 bits per heavy atom. The van der Waals surface area contributed by atoms with Crippen molar-refractivity contribution in [3.8, 4) is 0 Å². The summed E-state index contributed by atoms with van der Waals surface area (Å²) >= 11 is 0.925. The van der Waals surface area contributed by atoms with Gasteiger partial charge >= 0.3 is 0 Å². The third-order valence-electron chi connectivity index (χ3n) is 1.28. The van der Waals surface area contributed by atoms with Crippen molar-refractivity contribution in [2.24, 2.45) is 5.73 Å². The summed E-state index contributed by atoms with van der Waals surface area (Å²) in [7, 11) is 0. The minimum absolute atomic E-state index is 0.459. The molecule has 1 aromatic carbocycles. The molecule has 0 aliphatic rings. The number of thioether (sulfide) groups is 1. The highest BCUT2D eigenvalue weighted by molar-refractivity contribution is 8.13. The first-order valence-electron chi connectivity index (χ1n) is 3.22. The number of amides is 1. The predicted molar refractivity (Wildman–Crippen MR) is 50.7 cm³/mol. The van der Waals surface area contributed by atoms with Crippen molar-refractivity contribution in [2.75, 3.05) is 11.5 Å². The molecule has 5 heteroatoms. The van der Waals surface area contributed by atoms with Crippen LogP contribution in [0, 0.1) is 0 Å². The number of nitrogen functional groups attached to an aromatic ring is 2. The van der Waals surface area contributed by atoms with Gasteiger partial charge in [0.05, 0.1) is 11.4 Å². The molecule has 0 atom stereocenters. The molecule has 1 aromatic rings. The smallest absolute Gasteiger partial charge is 0.281 e. The molecule has 6 N–H and O–H groups in total. The van der Waals surface area contributed by atoms with E-state index in [0.717, 1.165) is 11.8 Å². The van der Waals surface area contributed by atoms with Crippen LogP contribution in [0.4, 0.5) is 16.2 Å². The molecular weight excluding hydrogens is 174 g/mol. The van der Waals surface area contributed by atoms with Crippen LogP contribution in [0.5, 0.6) is 0 Å². The lowest BCUT2D eigenvalue weighted by atomic mass is 10.3. The van der Waals surface area contributed by atoms with Gasteiger partial charge in [0.1, 0.15) is 0 Å². The first-order chi connectivity index (χ1) is 5.59. The largest absolute Gasteiger partial charge is 0.397 e. The molecule has 0 unspecified atom stereocenters. The maximum absolute atomic E-state index is 10.5. The average Bonchev–Trinajstić information content (AvgIpc) is 1.96. The Bertz CT molecular complexity index is 314. The lowest BCUT2D eigenvalue weighted by molar-refractivity contribution is 0.267. The van der Waals surface area contributed by atoms with E-state index in [2.05, 4.69) is 0 Å². The van der Waals surface area contributed by atoms with Crippen molar-refractivity contribution >= 4 is 28.4 Å². The zero-order valence-electron chi connectivity index (χ0n) is 6.28. The van der Waals surface area contributed by atoms with E-state index < -0.39 is 5.24 Å². The molecule has 0 fully saturated rings. The van der Waals surface area contributed by atoms with E-state index in [4.69, 9.17) is 17.2 Å². The van der Waals surface area contributed by atoms with Crippen molar-refractivity contribution in [1.82, 2.24) is 0 Å². The topological polar surface area (TPSA) is 95.1 Å². The molecule has 0 heterocycles. The summed E-state index contributed by atoms with van der Waals surface area (Å²) in [5.74, 6) is 0. The van der Waals surface area contributed by atoms with E-state index in [-0.39, 0.29) is 0 Å². The van der Waals surface area contributed by atoms with E-state index >= 15 is 0 Å². The Morgan fingerprint density at radius 2 is 1.92 bits per heavy atom. The average molecular weight is 183 g/mol. The highest BCUT2D eigenvalue weighted by atomic mass is 32.2. The number of anilines is 2. The Balaban J connectivity index is 2.89. The lowest BCUT2D eigenvalue weighted by Crippen LogP contribution is -2.02. The van der Waals surface area contributed by atoms with Crippen LogP contribution in [-0.4, -0.2) is 5.24 Å². The fourth-order valence-electron chi connectivity index (χ4n) is 0.732. The number of primary amides is 1. The van der Waals surface area contributed by atoms with Crippen LogP contribution < -0.4 is 17.2 Å². The number of carbonyl (C=O) groups is 1. The summed E-state index contributed by atoms with van der Waals surface area (Å²) in [4.78, 5) is 11.2. The van der Waals surface area contributed by atoms with Crippen LogP contribution in [0.2, 0.25) is 0 Å². The minimum atomic E-state index is -0.459. The van der Waals surface area contributed by atoms with Crippen LogP contribution in [0.15, 0.2) is 23.1 Å². The maximum atomic E-state index is 10.5. The SMILES string of the molecule is NC(=O)Sc1ccc(N)c(N)c1. The van der Waals surface area contributed by atoms with E-state index in [1.165, 1.54) is 0 Å². The molecule has 0 saturated carbocycles. The van der Waals surface area contributed by atoms with E-state index in [1.807, 2.05) is 0 Å². The van der Waals surface area contributed by atoms with Gasteiger partial charge in [-0.15, -0.1) is 0 Å². The number of hydrogen-bond donors (Lipinski definition) is 3. The van der Waals surface area contributed by atoms with Crippen LogP contribution in [-0.2, 0) is 0 Å². The second kappa shape index (κ2) is 3.36.